The summed E-state index contributed by atoms with van der Waals surface area (Å²) in [6, 6.07) is 7.68. The first kappa shape index (κ1) is 26.8. The third kappa shape index (κ3) is 6.44. The normalized spacial score (nSPS) is 12.9. The standard InChI is InChI=1S/C22H21F3N4O6S/c1-4-33-19(30)14(3)28-35-21(31)29-17-8-6-5-7-15(17)27-20(29)36(32)11-16-13(2)18(9-10-26-16)34-12-22(23,24)25/h5-10H,4,11-12H2,1-3H3. The molecule has 1 aromatic carbocycles. The Bertz CT molecular complexity index is 1340. The Morgan fingerprint density at radius 3 is 2.61 bits per heavy atom. The fourth-order valence-electron chi connectivity index (χ4n) is 2.96. The largest absolute Gasteiger partial charge is 0.484 e. The van der Waals surface area contributed by atoms with Crippen molar-refractivity contribution in [2.75, 3.05) is 13.2 Å². The highest BCUT2D eigenvalue weighted by Gasteiger charge is 2.29. The van der Waals surface area contributed by atoms with Crippen LogP contribution in [0.3, 0.4) is 0 Å². The summed E-state index contributed by atoms with van der Waals surface area (Å²) in [6.45, 7) is 2.98. The van der Waals surface area contributed by atoms with Crippen LogP contribution in [0, 0.1) is 6.92 Å². The maximum absolute atomic E-state index is 13.3. The van der Waals surface area contributed by atoms with Crippen LogP contribution in [0.25, 0.3) is 11.0 Å². The van der Waals surface area contributed by atoms with Crippen molar-refractivity contribution in [3.05, 3.63) is 47.8 Å². The lowest BCUT2D eigenvalue weighted by atomic mass is 10.2. The van der Waals surface area contributed by atoms with Crippen molar-refractivity contribution < 1.29 is 41.3 Å². The average molecular weight is 526 g/mol. The lowest BCUT2D eigenvalue weighted by Crippen LogP contribution is -2.20. The lowest BCUT2D eigenvalue weighted by Gasteiger charge is -2.13. The molecule has 0 aliphatic heterocycles. The fourth-order valence-corrected chi connectivity index (χ4v) is 4.21. The lowest BCUT2D eigenvalue weighted by molar-refractivity contribution is -0.153. The molecule has 0 amide bonds. The van der Waals surface area contributed by atoms with Crippen molar-refractivity contribution in [2.45, 2.75) is 37.9 Å². The SMILES string of the molecule is CCOC(=O)C(C)=NOC(=O)n1c(S(=O)Cc2nccc(OCC(F)(F)F)c2C)nc2ccccc21. The summed E-state index contributed by atoms with van der Waals surface area (Å²) in [5.74, 6) is -1.12. The minimum absolute atomic E-state index is 0.0639. The number of benzene rings is 1. The number of ether oxygens (including phenoxy) is 2. The quantitative estimate of drug-likeness (QED) is 0.187. The molecule has 0 N–H and O–H groups in total. The van der Waals surface area contributed by atoms with Gasteiger partial charge in [0.15, 0.2) is 12.3 Å². The Kier molecular flexibility index (Phi) is 8.40. The van der Waals surface area contributed by atoms with E-state index >= 15 is 0 Å². The van der Waals surface area contributed by atoms with Gasteiger partial charge in [0.1, 0.15) is 5.75 Å². The summed E-state index contributed by atoms with van der Waals surface area (Å²) in [4.78, 5) is 37.8. The number of imidazole rings is 1. The molecular weight excluding hydrogens is 505 g/mol. The number of nitrogens with zero attached hydrogens (tertiary/aromatic N) is 4. The van der Waals surface area contributed by atoms with E-state index in [1.54, 1.807) is 31.2 Å². The fraction of sp³-hybridized carbons (Fsp3) is 0.318. The van der Waals surface area contributed by atoms with E-state index in [4.69, 9.17) is 14.3 Å². The second-order valence-corrected chi connectivity index (χ2v) is 8.59. The number of carbonyl (C=O) groups is 2. The third-order valence-electron chi connectivity index (χ3n) is 4.67. The van der Waals surface area contributed by atoms with Gasteiger partial charge in [-0.25, -0.2) is 19.1 Å². The van der Waals surface area contributed by atoms with Crippen molar-refractivity contribution in [2.24, 2.45) is 5.16 Å². The number of aromatic nitrogens is 3. The van der Waals surface area contributed by atoms with Crippen molar-refractivity contribution in [1.82, 2.24) is 14.5 Å². The van der Waals surface area contributed by atoms with Gasteiger partial charge < -0.3 is 9.47 Å². The summed E-state index contributed by atoms with van der Waals surface area (Å²) >= 11 is 0. The Morgan fingerprint density at radius 2 is 1.92 bits per heavy atom. The van der Waals surface area contributed by atoms with Gasteiger partial charge in [-0.1, -0.05) is 17.3 Å². The number of fused-ring (bicyclic) bond motifs is 1. The second-order valence-electron chi connectivity index (χ2n) is 7.25. The monoisotopic (exact) mass is 526 g/mol. The Morgan fingerprint density at radius 1 is 1.19 bits per heavy atom. The molecule has 1 unspecified atom stereocenters. The minimum atomic E-state index is -4.53. The van der Waals surface area contributed by atoms with E-state index in [1.165, 1.54) is 26.1 Å². The number of carbonyl (C=O) groups excluding carboxylic acids is 2. The van der Waals surface area contributed by atoms with E-state index in [1.807, 2.05) is 0 Å². The first-order valence-corrected chi connectivity index (χ1v) is 11.8. The van der Waals surface area contributed by atoms with E-state index in [0.717, 1.165) is 4.57 Å². The molecule has 14 heteroatoms. The zero-order chi connectivity index (χ0) is 26.5. The third-order valence-corrected chi connectivity index (χ3v) is 5.88. The highest BCUT2D eigenvalue weighted by atomic mass is 32.2. The van der Waals surface area contributed by atoms with Gasteiger partial charge in [-0.2, -0.15) is 13.2 Å². The summed E-state index contributed by atoms with van der Waals surface area (Å²) in [7, 11) is -1.99. The zero-order valence-electron chi connectivity index (χ0n) is 19.4. The molecule has 0 saturated heterocycles. The average Bonchev–Trinajstić information content (AvgIpc) is 3.22. The van der Waals surface area contributed by atoms with E-state index in [0.29, 0.717) is 5.52 Å². The van der Waals surface area contributed by atoms with Gasteiger partial charge >= 0.3 is 18.2 Å². The van der Waals surface area contributed by atoms with Crippen LogP contribution in [0.2, 0.25) is 0 Å². The molecule has 0 aliphatic rings. The van der Waals surface area contributed by atoms with Crippen LogP contribution in [-0.4, -0.2) is 55.9 Å². The van der Waals surface area contributed by atoms with Crippen molar-refractivity contribution in [3.8, 4) is 5.75 Å². The van der Waals surface area contributed by atoms with Crippen molar-refractivity contribution in [3.63, 3.8) is 0 Å². The number of halogens is 3. The molecule has 2 heterocycles. The van der Waals surface area contributed by atoms with Crippen LogP contribution in [0.15, 0.2) is 46.8 Å². The molecule has 0 saturated carbocycles. The molecule has 192 valence electrons. The minimum Gasteiger partial charge on any atom is -0.484 e. The molecule has 2 aromatic heterocycles. The molecular formula is C22H21F3N4O6S. The van der Waals surface area contributed by atoms with Crippen LogP contribution in [0.4, 0.5) is 18.0 Å². The summed E-state index contributed by atoms with van der Waals surface area (Å²) in [5.41, 5.74) is 0.830. The molecule has 36 heavy (non-hydrogen) atoms. The molecule has 0 bridgehead atoms. The molecule has 3 rings (SSSR count). The first-order chi connectivity index (χ1) is 17.0. The summed E-state index contributed by atoms with van der Waals surface area (Å²) in [5, 5.41) is 3.28. The van der Waals surface area contributed by atoms with Gasteiger partial charge in [0.05, 0.1) is 39.9 Å². The number of pyridine rings is 1. The highest BCUT2D eigenvalue weighted by Crippen LogP contribution is 2.26. The molecule has 1 atom stereocenters. The van der Waals surface area contributed by atoms with E-state index in [2.05, 4.69) is 15.1 Å². The van der Waals surface area contributed by atoms with Crippen molar-refractivity contribution >= 4 is 39.6 Å². The number of hydrogen-bond acceptors (Lipinski definition) is 9. The van der Waals surface area contributed by atoms with Crippen LogP contribution < -0.4 is 4.74 Å². The maximum atomic E-state index is 13.3. The van der Waals surface area contributed by atoms with Gasteiger partial charge in [0.25, 0.3) is 0 Å². The van der Waals surface area contributed by atoms with E-state index in [9.17, 15) is 27.0 Å². The number of hydrogen-bond donors (Lipinski definition) is 0. The van der Waals surface area contributed by atoms with Gasteiger partial charge in [0, 0.05) is 11.8 Å². The number of esters is 1. The highest BCUT2D eigenvalue weighted by molar-refractivity contribution is 7.84. The topological polar surface area (TPSA) is 122 Å². The number of oxime groups is 1. The summed E-state index contributed by atoms with van der Waals surface area (Å²) < 4.78 is 61.4. The van der Waals surface area contributed by atoms with Gasteiger partial charge in [0.2, 0.25) is 5.16 Å². The Balaban J connectivity index is 1.90. The van der Waals surface area contributed by atoms with Crippen molar-refractivity contribution in [1.29, 1.82) is 0 Å². The smallest absolute Gasteiger partial charge is 0.446 e. The predicted octanol–water partition coefficient (Wildman–Crippen LogP) is 3.91. The zero-order valence-corrected chi connectivity index (χ0v) is 20.2. The van der Waals surface area contributed by atoms with E-state index < -0.39 is 35.6 Å². The molecule has 0 fully saturated rings. The van der Waals surface area contributed by atoms with Crippen LogP contribution >= 0.6 is 0 Å². The second kappa shape index (κ2) is 11.3. The molecule has 0 radical (unpaired) electrons. The first-order valence-electron chi connectivity index (χ1n) is 10.4. The predicted molar refractivity (Wildman–Crippen MR) is 122 cm³/mol. The summed E-state index contributed by atoms with van der Waals surface area (Å²) in [6.07, 6.45) is -4.38. The molecule has 0 aliphatic carbocycles. The van der Waals surface area contributed by atoms with E-state index in [-0.39, 0.29) is 45.8 Å². The Labute approximate surface area is 205 Å². The van der Waals surface area contributed by atoms with Crippen LogP contribution in [-0.2, 0) is 30.9 Å². The number of para-hydroxylation sites is 2. The van der Waals surface area contributed by atoms with Gasteiger partial charge in [-0.05, 0) is 39.0 Å². The van der Waals surface area contributed by atoms with Crippen LogP contribution in [0.5, 0.6) is 5.75 Å². The van der Waals surface area contributed by atoms with Gasteiger partial charge in [-0.15, -0.1) is 0 Å². The van der Waals surface area contributed by atoms with Gasteiger partial charge in [-0.3, -0.25) is 14.0 Å². The number of alkyl halides is 3. The molecule has 0 spiro atoms. The number of rotatable bonds is 8. The maximum Gasteiger partial charge on any atom is 0.446 e. The molecule has 3 aromatic rings. The Hall–Kier alpha value is -3.81. The van der Waals surface area contributed by atoms with Crippen LogP contribution in [0.1, 0.15) is 25.1 Å². The molecule has 10 nitrogen and oxygen atoms in total.